The van der Waals surface area contributed by atoms with Gasteiger partial charge in [0, 0.05) is 11.4 Å². The van der Waals surface area contributed by atoms with E-state index in [-0.39, 0.29) is 5.38 Å². The minimum absolute atomic E-state index is 0.0727. The van der Waals surface area contributed by atoms with E-state index in [1.165, 1.54) is 5.56 Å². The smallest absolute Gasteiger partial charge is 0.135 e. The van der Waals surface area contributed by atoms with Crippen molar-refractivity contribution in [1.29, 1.82) is 0 Å². The summed E-state index contributed by atoms with van der Waals surface area (Å²) in [5.41, 5.74) is 1.18. The first kappa shape index (κ1) is 11.8. The van der Waals surface area contributed by atoms with E-state index in [9.17, 15) is 0 Å². The number of hydrogen-bond acceptors (Lipinski definition) is 3. The van der Waals surface area contributed by atoms with Crippen LogP contribution >= 0.6 is 34.5 Å². The van der Waals surface area contributed by atoms with Crippen molar-refractivity contribution in [3.63, 3.8) is 0 Å². The summed E-state index contributed by atoms with van der Waals surface area (Å²) in [6.07, 6.45) is 0.776. The lowest BCUT2D eigenvalue weighted by Gasteiger charge is -1.97. The van der Waals surface area contributed by atoms with Crippen LogP contribution in [0.25, 0.3) is 0 Å². The third kappa shape index (κ3) is 2.94. The summed E-state index contributed by atoms with van der Waals surface area (Å²) >= 11 is 13.3. The van der Waals surface area contributed by atoms with Gasteiger partial charge in [0.2, 0.25) is 0 Å². The molecular weight excluding hydrogens is 263 g/mol. The van der Waals surface area contributed by atoms with Gasteiger partial charge in [-0.25, -0.2) is 0 Å². The molecule has 1 aromatic carbocycles. The summed E-state index contributed by atoms with van der Waals surface area (Å²) in [6.45, 7) is 1.90. The Hall–Kier alpha value is -0.640. The molecule has 0 spiro atoms. The van der Waals surface area contributed by atoms with Crippen LogP contribution in [0.5, 0.6) is 0 Å². The highest BCUT2D eigenvalue weighted by atomic mass is 35.5. The number of nitrogens with zero attached hydrogens (tertiary/aromatic N) is 2. The van der Waals surface area contributed by atoms with Gasteiger partial charge in [0.25, 0.3) is 0 Å². The monoisotopic (exact) mass is 272 g/mol. The quantitative estimate of drug-likeness (QED) is 0.787. The number of halogens is 2. The summed E-state index contributed by atoms with van der Waals surface area (Å²) in [7, 11) is 0. The highest BCUT2D eigenvalue weighted by molar-refractivity contribution is 7.11. The first-order chi connectivity index (χ1) is 7.65. The summed E-state index contributed by atoms with van der Waals surface area (Å²) < 4.78 is 0. The van der Waals surface area contributed by atoms with Crippen LogP contribution in [0, 0.1) is 0 Å². The van der Waals surface area contributed by atoms with E-state index in [1.807, 2.05) is 31.2 Å². The number of hydrogen-bond donors (Lipinski definition) is 0. The zero-order chi connectivity index (χ0) is 11.5. The van der Waals surface area contributed by atoms with Crippen molar-refractivity contribution in [3.05, 3.63) is 44.9 Å². The summed E-state index contributed by atoms with van der Waals surface area (Å²) in [5.74, 6) is 0. The second-order valence-corrected chi connectivity index (χ2v) is 5.64. The molecule has 0 aliphatic rings. The van der Waals surface area contributed by atoms with Crippen LogP contribution in [0.15, 0.2) is 24.3 Å². The van der Waals surface area contributed by atoms with Gasteiger partial charge in [-0.1, -0.05) is 35.1 Å². The lowest BCUT2D eigenvalue weighted by atomic mass is 10.2. The number of alkyl halides is 1. The largest absolute Gasteiger partial charge is 0.143 e. The Bertz CT molecular complexity index is 465. The summed E-state index contributed by atoms with van der Waals surface area (Å²) in [5, 5.41) is 10.7. The molecule has 2 rings (SSSR count). The van der Waals surface area contributed by atoms with Crippen molar-refractivity contribution in [1.82, 2.24) is 10.2 Å². The minimum atomic E-state index is -0.0727. The van der Waals surface area contributed by atoms with Gasteiger partial charge < -0.3 is 0 Å². The molecule has 1 heterocycles. The van der Waals surface area contributed by atoms with Gasteiger partial charge in [-0.3, -0.25) is 0 Å². The highest BCUT2D eigenvalue weighted by Gasteiger charge is 2.09. The minimum Gasteiger partial charge on any atom is -0.143 e. The van der Waals surface area contributed by atoms with Gasteiger partial charge in [0.15, 0.2) is 0 Å². The molecule has 1 atom stereocenters. The molecule has 0 aliphatic heterocycles. The Morgan fingerprint density at radius 2 is 1.94 bits per heavy atom. The lowest BCUT2D eigenvalue weighted by Crippen LogP contribution is -1.86. The number of rotatable bonds is 3. The van der Waals surface area contributed by atoms with Gasteiger partial charge in [-0.15, -0.1) is 21.8 Å². The second kappa shape index (κ2) is 5.13. The van der Waals surface area contributed by atoms with E-state index in [0.717, 1.165) is 21.5 Å². The molecule has 2 nitrogen and oxygen atoms in total. The molecule has 84 valence electrons. The van der Waals surface area contributed by atoms with Crippen molar-refractivity contribution in [2.24, 2.45) is 0 Å². The van der Waals surface area contributed by atoms with E-state index < -0.39 is 0 Å². The normalized spacial score (nSPS) is 12.7. The van der Waals surface area contributed by atoms with Crippen LogP contribution in [0.4, 0.5) is 0 Å². The predicted molar refractivity (Wildman–Crippen MR) is 68.4 cm³/mol. The zero-order valence-electron chi connectivity index (χ0n) is 8.65. The Labute approximate surface area is 108 Å². The molecule has 2 aromatic rings. The first-order valence-corrected chi connectivity index (χ1v) is 6.49. The SMILES string of the molecule is CC(Cl)c1nnc(Cc2ccc(Cl)cc2)s1. The molecule has 5 heteroatoms. The molecule has 0 aliphatic carbocycles. The van der Waals surface area contributed by atoms with E-state index in [0.29, 0.717) is 0 Å². The fourth-order valence-corrected chi connectivity index (χ4v) is 2.38. The third-order valence-electron chi connectivity index (χ3n) is 2.09. The van der Waals surface area contributed by atoms with Gasteiger partial charge in [0.1, 0.15) is 10.0 Å². The van der Waals surface area contributed by atoms with E-state index >= 15 is 0 Å². The predicted octanol–water partition coefficient (Wildman–Crippen LogP) is 4.08. The number of benzene rings is 1. The van der Waals surface area contributed by atoms with Gasteiger partial charge in [-0.05, 0) is 24.6 Å². The average Bonchev–Trinajstić information content (AvgIpc) is 2.70. The molecular formula is C11H10Cl2N2S. The second-order valence-electron chi connectivity index (χ2n) is 3.45. The fourth-order valence-electron chi connectivity index (χ4n) is 1.28. The Kier molecular flexibility index (Phi) is 3.79. The highest BCUT2D eigenvalue weighted by Crippen LogP contribution is 2.24. The van der Waals surface area contributed by atoms with Crippen LogP contribution in [-0.4, -0.2) is 10.2 Å². The average molecular weight is 273 g/mol. The third-order valence-corrected chi connectivity index (χ3v) is 3.79. The Morgan fingerprint density at radius 1 is 1.25 bits per heavy atom. The van der Waals surface area contributed by atoms with Crippen molar-refractivity contribution in [2.45, 2.75) is 18.7 Å². The first-order valence-electron chi connectivity index (χ1n) is 4.86. The topological polar surface area (TPSA) is 25.8 Å². The molecule has 0 bridgehead atoms. The summed E-state index contributed by atoms with van der Waals surface area (Å²) in [6, 6.07) is 7.74. The lowest BCUT2D eigenvalue weighted by molar-refractivity contribution is 0.931. The molecule has 0 N–H and O–H groups in total. The van der Waals surface area contributed by atoms with Gasteiger partial charge in [-0.2, -0.15) is 0 Å². The van der Waals surface area contributed by atoms with Crippen LogP contribution in [0.3, 0.4) is 0 Å². The Balaban J connectivity index is 2.11. The molecule has 0 saturated heterocycles. The maximum Gasteiger partial charge on any atom is 0.135 e. The van der Waals surface area contributed by atoms with Crippen LogP contribution < -0.4 is 0 Å². The van der Waals surface area contributed by atoms with E-state index in [2.05, 4.69) is 10.2 Å². The van der Waals surface area contributed by atoms with Crippen LogP contribution in [0.2, 0.25) is 5.02 Å². The summed E-state index contributed by atoms with van der Waals surface area (Å²) in [4.78, 5) is 0. The Morgan fingerprint density at radius 3 is 2.50 bits per heavy atom. The molecule has 0 radical (unpaired) electrons. The molecule has 0 saturated carbocycles. The van der Waals surface area contributed by atoms with Crippen LogP contribution in [0.1, 0.15) is 27.9 Å². The van der Waals surface area contributed by atoms with Crippen molar-refractivity contribution >= 4 is 34.5 Å². The zero-order valence-corrected chi connectivity index (χ0v) is 11.0. The molecule has 0 amide bonds. The van der Waals surface area contributed by atoms with Crippen molar-refractivity contribution in [2.75, 3.05) is 0 Å². The molecule has 1 unspecified atom stereocenters. The van der Waals surface area contributed by atoms with E-state index in [1.54, 1.807) is 11.3 Å². The van der Waals surface area contributed by atoms with Gasteiger partial charge in [0.05, 0.1) is 5.38 Å². The molecule has 0 fully saturated rings. The molecule has 1 aromatic heterocycles. The number of aromatic nitrogens is 2. The van der Waals surface area contributed by atoms with Crippen molar-refractivity contribution < 1.29 is 0 Å². The van der Waals surface area contributed by atoms with Crippen LogP contribution in [-0.2, 0) is 6.42 Å². The van der Waals surface area contributed by atoms with Gasteiger partial charge >= 0.3 is 0 Å². The van der Waals surface area contributed by atoms with Crippen molar-refractivity contribution in [3.8, 4) is 0 Å². The maximum atomic E-state index is 5.93. The maximum absolute atomic E-state index is 5.93. The fraction of sp³-hybridized carbons (Fsp3) is 0.273. The standard InChI is InChI=1S/C11H10Cl2N2S/c1-7(12)11-15-14-10(16-11)6-8-2-4-9(13)5-3-8/h2-5,7H,6H2,1H3. The van der Waals surface area contributed by atoms with E-state index in [4.69, 9.17) is 23.2 Å². The molecule has 16 heavy (non-hydrogen) atoms.